The zero-order chi connectivity index (χ0) is 11.1. The molecule has 0 atom stereocenters. The summed E-state index contributed by atoms with van der Waals surface area (Å²) >= 11 is 0. The van der Waals surface area contributed by atoms with Crippen molar-refractivity contribution in [3.63, 3.8) is 0 Å². The monoisotopic (exact) mass is 207 g/mol. The van der Waals surface area contributed by atoms with Gasteiger partial charge in [-0.1, -0.05) is 36.5 Å². The number of aliphatic hydroxyl groups excluding tert-OH is 1. The Kier molecular flexibility index (Phi) is 2.27. The van der Waals surface area contributed by atoms with Gasteiger partial charge in [0, 0.05) is 10.8 Å². The van der Waals surface area contributed by atoms with Crippen LogP contribution >= 0.6 is 0 Å². The summed E-state index contributed by atoms with van der Waals surface area (Å²) in [5.41, 5.74) is 0.494. The van der Waals surface area contributed by atoms with Crippen LogP contribution in [-0.2, 0) is 5.41 Å². The molecule has 2 rings (SSSR count). The largest absolute Gasteiger partial charge is 0.395 e. The molecular weight excluding hydrogens is 193 g/mol. The summed E-state index contributed by atoms with van der Waals surface area (Å²) in [7, 11) is 0. The lowest BCUT2D eigenvalue weighted by Gasteiger charge is -2.20. The summed E-state index contributed by atoms with van der Waals surface area (Å²) in [6.07, 6.45) is 0. The number of nitrogens with zero attached hydrogens (tertiary/aromatic N) is 1. The first-order valence-corrected chi connectivity index (χ1v) is 4.94. The van der Waals surface area contributed by atoms with Crippen LogP contribution in [-0.4, -0.2) is 16.5 Å². The summed E-state index contributed by atoms with van der Waals surface area (Å²) in [5, 5.41) is 10.1. The van der Waals surface area contributed by atoms with Gasteiger partial charge in [0.2, 0.25) is 0 Å². The maximum Gasteiger partial charge on any atom is 0.0816 e. The molecule has 0 amide bonds. The number of para-hydroxylation sites is 1. The SMILES string of the molecule is CC(C)(CO)c1cc2ccccc2n1F. The van der Waals surface area contributed by atoms with E-state index in [4.69, 9.17) is 0 Å². The molecule has 2 aromatic rings. The smallest absolute Gasteiger partial charge is 0.0816 e. The van der Waals surface area contributed by atoms with Gasteiger partial charge in [-0.15, -0.1) is 0 Å². The number of rotatable bonds is 2. The van der Waals surface area contributed by atoms with Gasteiger partial charge in [-0.05, 0) is 12.1 Å². The van der Waals surface area contributed by atoms with Crippen molar-refractivity contribution >= 4 is 10.9 Å². The average Bonchev–Trinajstić information content (AvgIpc) is 2.58. The molecule has 0 aliphatic carbocycles. The third-order valence-electron chi connectivity index (χ3n) is 2.74. The van der Waals surface area contributed by atoms with Gasteiger partial charge in [-0.25, -0.2) is 0 Å². The Balaban J connectivity index is 2.68. The lowest BCUT2D eigenvalue weighted by molar-refractivity contribution is 0.200. The fourth-order valence-corrected chi connectivity index (χ4v) is 1.66. The van der Waals surface area contributed by atoms with Crippen molar-refractivity contribution in [3.05, 3.63) is 36.0 Å². The van der Waals surface area contributed by atoms with Gasteiger partial charge in [-0.2, -0.15) is 4.79 Å². The molecule has 0 aliphatic rings. The van der Waals surface area contributed by atoms with Crippen LogP contribution < -0.4 is 0 Å². The number of aliphatic hydroxyl groups is 1. The molecule has 0 fully saturated rings. The van der Waals surface area contributed by atoms with E-state index in [1.165, 1.54) is 0 Å². The highest BCUT2D eigenvalue weighted by atomic mass is 19.2. The van der Waals surface area contributed by atoms with Crippen molar-refractivity contribution in [2.75, 3.05) is 6.61 Å². The van der Waals surface area contributed by atoms with E-state index in [-0.39, 0.29) is 6.61 Å². The van der Waals surface area contributed by atoms with Gasteiger partial charge in [0.25, 0.3) is 0 Å². The molecule has 0 spiro atoms. The lowest BCUT2D eigenvalue weighted by Crippen LogP contribution is -2.24. The lowest BCUT2D eigenvalue weighted by atomic mass is 9.90. The van der Waals surface area contributed by atoms with Crippen LogP contribution in [0.3, 0.4) is 0 Å². The topological polar surface area (TPSA) is 25.2 Å². The number of hydrogen-bond donors (Lipinski definition) is 1. The minimum Gasteiger partial charge on any atom is -0.395 e. The quantitative estimate of drug-likeness (QED) is 0.804. The Morgan fingerprint density at radius 1 is 1.33 bits per heavy atom. The van der Waals surface area contributed by atoms with Crippen molar-refractivity contribution in [1.29, 1.82) is 0 Å². The van der Waals surface area contributed by atoms with Crippen LogP contribution in [0.15, 0.2) is 30.3 Å². The Morgan fingerprint density at radius 3 is 2.60 bits per heavy atom. The molecule has 0 unspecified atom stereocenters. The molecule has 2 nitrogen and oxygen atoms in total. The third kappa shape index (κ3) is 1.53. The van der Waals surface area contributed by atoms with E-state index in [9.17, 15) is 9.59 Å². The Labute approximate surface area is 87.9 Å². The number of fused-ring (bicyclic) bond motifs is 1. The summed E-state index contributed by atoms with van der Waals surface area (Å²) in [5.74, 6) is 0. The van der Waals surface area contributed by atoms with Gasteiger partial charge in [0.05, 0.1) is 17.8 Å². The number of aromatic nitrogens is 1. The molecule has 0 saturated carbocycles. The van der Waals surface area contributed by atoms with E-state index >= 15 is 0 Å². The number of halogens is 1. The molecule has 0 bridgehead atoms. The van der Waals surface area contributed by atoms with Crippen molar-refractivity contribution in [2.45, 2.75) is 19.3 Å². The van der Waals surface area contributed by atoms with Crippen LogP contribution in [0.2, 0.25) is 0 Å². The highest BCUT2D eigenvalue weighted by Crippen LogP contribution is 2.29. The first kappa shape index (κ1) is 10.2. The molecule has 1 N–H and O–H groups in total. The van der Waals surface area contributed by atoms with E-state index in [1.807, 2.05) is 26.0 Å². The minimum atomic E-state index is -0.562. The third-order valence-corrected chi connectivity index (χ3v) is 2.74. The van der Waals surface area contributed by atoms with Crippen molar-refractivity contribution < 1.29 is 9.59 Å². The van der Waals surface area contributed by atoms with E-state index in [2.05, 4.69) is 0 Å². The van der Waals surface area contributed by atoms with Gasteiger partial charge < -0.3 is 5.11 Å². The minimum absolute atomic E-state index is 0.0761. The fourth-order valence-electron chi connectivity index (χ4n) is 1.66. The second kappa shape index (κ2) is 3.35. The first-order chi connectivity index (χ1) is 7.06. The van der Waals surface area contributed by atoms with Crippen LogP contribution in [0, 0.1) is 0 Å². The molecule has 1 aromatic carbocycles. The Hall–Kier alpha value is -1.35. The van der Waals surface area contributed by atoms with E-state index in [1.54, 1.807) is 18.2 Å². The molecule has 0 radical (unpaired) electrons. The predicted octanol–water partition coefficient (Wildman–Crippen LogP) is 2.64. The summed E-state index contributed by atoms with van der Waals surface area (Å²) in [6, 6.07) is 9.05. The van der Waals surface area contributed by atoms with Crippen LogP contribution in [0.5, 0.6) is 0 Å². The van der Waals surface area contributed by atoms with Gasteiger partial charge >= 0.3 is 0 Å². The molecule has 15 heavy (non-hydrogen) atoms. The highest BCUT2D eigenvalue weighted by Gasteiger charge is 2.25. The molecular formula is C12H14FNO. The van der Waals surface area contributed by atoms with Crippen LogP contribution in [0.25, 0.3) is 10.9 Å². The molecule has 1 heterocycles. The Morgan fingerprint density at radius 2 is 2.00 bits per heavy atom. The molecule has 3 heteroatoms. The van der Waals surface area contributed by atoms with Gasteiger partial charge in [0.15, 0.2) is 0 Å². The fraction of sp³-hybridized carbons (Fsp3) is 0.333. The van der Waals surface area contributed by atoms with Gasteiger partial charge in [-0.3, -0.25) is 0 Å². The van der Waals surface area contributed by atoms with E-state index in [0.717, 1.165) is 5.39 Å². The maximum absolute atomic E-state index is 13.9. The molecule has 0 saturated heterocycles. The first-order valence-electron chi connectivity index (χ1n) is 4.94. The normalized spacial score (nSPS) is 12.3. The van der Waals surface area contributed by atoms with Crippen molar-refractivity contribution in [1.82, 2.24) is 4.79 Å². The average molecular weight is 207 g/mol. The summed E-state index contributed by atoms with van der Waals surface area (Å²) < 4.78 is 13.9. The second-order valence-corrected chi connectivity index (χ2v) is 4.41. The van der Waals surface area contributed by atoms with Crippen molar-refractivity contribution in [3.8, 4) is 0 Å². The van der Waals surface area contributed by atoms with E-state index in [0.29, 0.717) is 16.0 Å². The molecule has 80 valence electrons. The summed E-state index contributed by atoms with van der Waals surface area (Å²) in [4.78, 5) is 0.658. The molecule has 0 aliphatic heterocycles. The number of benzene rings is 1. The Bertz CT molecular complexity index is 487. The molecule has 1 aromatic heterocycles. The van der Waals surface area contributed by atoms with Crippen LogP contribution in [0.1, 0.15) is 19.5 Å². The van der Waals surface area contributed by atoms with Crippen molar-refractivity contribution in [2.24, 2.45) is 0 Å². The zero-order valence-corrected chi connectivity index (χ0v) is 8.87. The van der Waals surface area contributed by atoms with Crippen LogP contribution in [0.4, 0.5) is 4.48 Å². The zero-order valence-electron chi connectivity index (χ0n) is 8.87. The standard InChI is InChI=1S/C12H14FNO/c1-12(2,8-15)11-7-9-5-3-4-6-10(9)14(11)13/h3-7,15H,8H2,1-2H3. The number of hydrogen-bond acceptors (Lipinski definition) is 1. The maximum atomic E-state index is 13.9. The van der Waals surface area contributed by atoms with Gasteiger partial charge in [0.1, 0.15) is 0 Å². The highest BCUT2D eigenvalue weighted by molar-refractivity contribution is 5.81. The predicted molar refractivity (Wildman–Crippen MR) is 58.6 cm³/mol. The van der Waals surface area contributed by atoms with E-state index < -0.39 is 5.41 Å². The second-order valence-electron chi connectivity index (χ2n) is 4.41. The summed E-state index contributed by atoms with van der Waals surface area (Å²) in [6.45, 7) is 3.56.